The summed E-state index contributed by atoms with van der Waals surface area (Å²) in [5, 5.41) is 22.7. The van der Waals surface area contributed by atoms with Crippen LogP contribution in [0.4, 0.5) is 0 Å². The van der Waals surface area contributed by atoms with E-state index in [0.29, 0.717) is 12.8 Å². The molecule has 2 heterocycles. The first-order valence-corrected chi connectivity index (χ1v) is 7.16. The largest absolute Gasteiger partial charge is 0.355 e. The van der Waals surface area contributed by atoms with Crippen LogP contribution in [0.25, 0.3) is 0 Å². The molecule has 0 aromatic heterocycles. The van der Waals surface area contributed by atoms with Crippen LogP contribution >= 0.6 is 0 Å². The van der Waals surface area contributed by atoms with Crippen molar-refractivity contribution in [2.75, 3.05) is 0 Å². The summed E-state index contributed by atoms with van der Waals surface area (Å²) in [5.74, 6) is -0.721. The van der Waals surface area contributed by atoms with Crippen molar-refractivity contribution in [3.8, 4) is 0 Å². The molecule has 7 nitrogen and oxygen atoms in total. The van der Waals surface area contributed by atoms with Gasteiger partial charge in [0.2, 0.25) is 12.1 Å². The van der Waals surface area contributed by atoms with E-state index < -0.39 is 29.7 Å². The van der Waals surface area contributed by atoms with Crippen LogP contribution < -0.4 is 0 Å². The fourth-order valence-corrected chi connectivity index (χ4v) is 4.22. The summed E-state index contributed by atoms with van der Waals surface area (Å²) in [6.45, 7) is 3.76. The van der Waals surface area contributed by atoms with E-state index in [1.165, 1.54) is 0 Å². The van der Waals surface area contributed by atoms with Gasteiger partial charge in [-0.15, -0.1) is 0 Å². The number of ether oxygens (including phenoxy) is 1. The zero-order valence-corrected chi connectivity index (χ0v) is 12.0. The van der Waals surface area contributed by atoms with E-state index in [0.717, 1.165) is 5.57 Å². The summed E-state index contributed by atoms with van der Waals surface area (Å²) in [7, 11) is 0. The van der Waals surface area contributed by atoms with E-state index in [4.69, 9.17) is 4.74 Å². The monoisotopic (exact) mass is 294 g/mol. The standard InChI is InChI=1S/C14H18N2O5/c1-8(2)7-10-11(15(17)18)4-3-9-13(16(19)20)12-5-6-14(9,10)21-12/h5-7,9-13H,3-4H2,1-2H3/t9-,10-,11-,12-,13-,14+/m0/s1. The van der Waals surface area contributed by atoms with E-state index in [-0.39, 0.29) is 15.8 Å². The first-order chi connectivity index (χ1) is 9.86. The van der Waals surface area contributed by atoms with Gasteiger partial charge in [-0.05, 0) is 20.3 Å². The lowest BCUT2D eigenvalue weighted by Crippen LogP contribution is -2.55. The van der Waals surface area contributed by atoms with Crippen LogP contribution in [0.1, 0.15) is 26.7 Å². The summed E-state index contributed by atoms with van der Waals surface area (Å²) >= 11 is 0. The molecule has 0 radical (unpaired) electrons. The van der Waals surface area contributed by atoms with Crippen molar-refractivity contribution in [1.82, 2.24) is 0 Å². The third-order valence-electron chi connectivity index (χ3n) is 4.95. The quantitative estimate of drug-likeness (QED) is 0.450. The van der Waals surface area contributed by atoms with Crippen molar-refractivity contribution in [3.63, 3.8) is 0 Å². The van der Waals surface area contributed by atoms with Gasteiger partial charge in [0.25, 0.3) is 0 Å². The SMILES string of the molecule is CC(C)=C[C@H]1[C@@H]([N+](=O)[O-])CC[C@H]2[C@H]([N+](=O)[O-])[C@@H]3C=C[C@]12O3. The lowest BCUT2D eigenvalue weighted by Gasteiger charge is -2.41. The predicted octanol–water partition coefficient (Wildman–Crippen LogP) is 1.98. The average Bonchev–Trinajstić information content (AvgIpc) is 2.93. The molecule has 1 saturated carbocycles. The molecule has 2 fully saturated rings. The molecule has 0 aromatic rings. The topological polar surface area (TPSA) is 95.5 Å². The average molecular weight is 294 g/mol. The number of nitrogens with zero attached hydrogens (tertiary/aromatic N) is 2. The Labute approximate surface area is 122 Å². The minimum absolute atomic E-state index is 0.265. The van der Waals surface area contributed by atoms with Crippen molar-refractivity contribution in [1.29, 1.82) is 0 Å². The Morgan fingerprint density at radius 1 is 1.29 bits per heavy atom. The molecule has 7 heteroatoms. The number of nitro groups is 2. The minimum Gasteiger partial charge on any atom is -0.355 e. The maximum absolute atomic E-state index is 11.4. The second-order valence-corrected chi connectivity index (χ2v) is 6.38. The molecule has 6 atom stereocenters. The fourth-order valence-electron chi connectivity index (χ4n) is 4.22. The van der Waals surface area contributed by atoms with Crippen LogP contribution in [-0.2, 0) is 4.74 Å². The highest BCUT2D eigenvalue weighted by molar-refractivity contribution is 5.30. The summed E-state index contributed by atoms with van der Waals surface area (Å²) in [6, 6.07) is -1.53. The first-order valence-electron chi connectivity index (χ1n) is 7.16. The molecule has 2 aliphatic heterocycles. The van der Waals surface area contributed by atoms with Crippen LogP contribution in [0.3, 0.4) is 0 Å². The van der Waals surface area contributed by atoms with Gasteiger partial charge >= 0.3 is 0 Å². The van der Waals surface area contributed by atoms with E-state index >= 15 is 0 Å². The minimum atomic E-state index is -0.879. The van der Waals surface area contributed by atoms with Crippen molar-refractivity contribution >= 4 is 0 Å². The van der Waals surface area contributed by atoms with Gasteiger partial charge in [0.15, 0.2) is 0 Å². The van der Waals surface area contributed by atoms with Crippen molar-refractivity contribution in [2.45, 2.75) is 50.5 Å². The second kappa shape index (κ2) is 4.62. The Bertz CT molecular complexity index is 554. The van der Waals surface area contributed by atoms with Crippen LogP contribution in [0, 0.1) is 32.1 Å². The smallest absolute Gasteiger partial charge is 0.248 e. The Hall–Kier alpha value is -1.76. The molecule has 0 amide bonds. The zero-order valence-electron chi connectivity index (χ0n) is 12.0. The third kappa shape index (κ3) is 1.91. The molecule has 3 aliphatic rings. The van der Waals surface area contributed by atoms with Gasteiger partial charge in [0, 0.05) is 16.3 Å². The number of hydrogen-bond donors (Lipinski definition) is 0. The molecule has 3 rings (SSSR count). The molecule has 114 valence electrons. The molecule has 2 bridgehead atoms. The molecular weight excluding hydrogens is 276 g/mol. The van der Waals surface area contributed by atoms with Crippen LogP contribution in [0.2, 0.25) is 0 Å². The Morgan fingerprint density at radius 3 is 2.57 bits per heavy atom. The summed E-state index contributed by atoms with van der Waals surface area (Å²) in [5.41, 5.74) is 0.0854. The number of allylic oxidation sites excluding steroid dienone is 1. The number of fused-ring (bicyclic) bond motifs is 1. The van der Waals surface area contributed by atoms with Gasteiger partial charge in [0.1, 0.15) is 11.7 Å². The van der Waals surface area contributed by atoms with Crippen LogP contribution in [0.15, 0.2) is 23.8 Å². The van der Waals surface area contributed by atoms with Crippen molar-refractivity contribution in [2.24, 2.45) is 11.8 Å². The van der Waals surface area contributed by atoms with Gasteiger partial charge in [-0.2, -0.15) is 0 Å². The highest BCUT2D eigenvalue weighted by Gasteiger charge is 2.69. The van der Waals surface area contributed by atoms with E-state index in [9.17, 15) is 20.2 Å². The Balaban J connectivity index is 2.05. The summed E-state index contributed by atoms with van der Waals surface area (Å²) < 4.78 is 5.93. The summed E-state index contributed by atoms with van der Waals surface area (Å²) in [4.78, 5) is 22.2. The fraction of sp³-hybridized carbons (Fsp3) is 0.714. The highest BCUT2D eigenvalue weighted by atomic mass is 16.6. The maximum Gasteiger partial charge on any atom is 0.248 e. The molecule has 0 unspecified atom stereocenters. The molecule has 1 aliphatic carbocycles. The molecule has 21 heavy (non-hydrogen) atoms. The molecule has 1 saturated heterocycles. The number of hydrogen-bond acceptors (Lipinski definition) is 5. The Morgan fingerprint density at radius 2 is 2.00 bits per heavy atom. The normalized spacial score (nSPS) is 43.4. The van der Waals surface area contributed by atoms with Crippen molar-refractivity contribution < 1.29 is 14.6 Å². The van der Waals surface area contributed by atoms with Gasteiger partial charge in [0.05, 0.1) is 11.8 Å². The molecular formula is C14H18N2O5. The predicted molar refractivity (Wildman–Crippen MR) is 74.0 cm³/mol. The van der Waals surface area contributed by atoms with Crippen LogP contribution in [0.5, 0.6) is 0 Å². The highest BCUT2D eigenvalue weighted by Crippen LogP contribution is 2.55. The lowest BCUT2D eigenvalue weighted by atomic mass is 9.63. The van der Waals surface area contributed by atoms with Gasteiger partial charge in [-0.25, -0.2) is 0 Å². The van der Waals surface area contributed by atoms with E-state index in [1.807, 2.05) is 26.0 Å². The summed E-state index contributed by atoms with van der Waals surface area (Å²) in [6.07, 6.45) is 5.67. The van der Waals surface area contributed by atoms with Crippen LogP contribution in [-0.4, -0.2) is 33.6 Å². The maximum atomic E-state index is 11.4. The second-order valence-electron chi connectivity index (χ2n) is 6.38. The molecule has 0 aromatic carbocycles. The molecule has 0 N–H and O–H groups in total. The van der Waals surface area contributed by atoms with E-state index in [2.05, 4.69) is 0 Å². The number of rotatable bonds is 3. The van der Waals surface area contributed by atoms with Gasteiger partial charge < -0.3 is 4.74 Å². The Kier molecular flexibility index (Phi) is 3.12. The lowest BCUT2D eigenvalue weighted by molar-refractivity contribution is -0.546. The first kappa shape index (κ1) is 14.2. The van der Waals surface area contributed by atoms with Gasteiger partial charge in [-0.1, -0.05) is 23.8 Å². The third-order valence-corrected chi connectivity index (χ3v) is 4.95. The molecule has 1 spiro atoms. The van der Waals surface area contributed by atoms with E-state index in [1.54, 1.807) is 6.08 Å². The zero-order chi connectivity index (χ0) is 15.4. The van der Waals surface area contributed by atoms with Crippen molar-refractivity contribution in [3.05, 3.63) is 44.0 Å². The van der Waals surface area contributed by atoms with Gasteiger partial charge in [-0.3, -0.25) is 20.2 Å².